The van der Waals surface area contributed by atoms with E-state index in [0.29, 0.717) is 0 Å². The molecule has 7 atom stereocenters. The van der Waals surface area contributed by atoms with Gasteiger partial charge in [0.15, 0.2) is 6.29 Å². The molecule has 0 aromatic heterocycles. The van der Waals surface area contributed by atoms with Crippen molar-refractivity contribution >= 4 is 5.97 Å². The second kappa shape index (κ2) is 6.57. The third-order valence-corrected chi connectivity index (χ3v) is 3.00. The van der Waals surface area contributed by atoms with Crippen molar-refractivity contribution in [2.75, 3.05) is 6.61 Å². The molecular weight excluding hydrogens is 262 g/mol. The van der Waals surface area contributed by atoms with Gasteiger partial charge in [0.05, 0.1) is 12.7 Å². The maximum absolute atomic E-state index is 10.6. The van der Waals surface area contributed by atoms with Gasteiger partial charge in [0.1, 0.15) is 30.5 Å². The Bertz CT molecular complexity index is 314. The second-order valence-corrected chi connectivity index (χ2v) is 4.44. The van der Waals surface area contributed by atoms with Gasteiger partial charge in [0, 0.05) is 0 Å². The van der Waals surface area contributed by atoms with Crippen LogP contribution in [0.15, 0.2) is 0 Å². The highest BCUT2D eigenvalue weighted by Crippen LogP contribution is 2.20. The molecule has 19 heavy (non-hydrogen) atoms. The Morgan fingerprint density at radius 1 is 1.26 bits per heavy atom. The average molecular weight is 281 g/mol. The van der Waals surface area contributed by atoms with Gasteiger partial charge >= 0.3 is 5.97 Å². The molecule has 1 heterocycles. The number of aliphatic hydroxyl groups is 4. The van der Waals surface area contributed by atoms with E-state index < -0.39 is 48.8 Å². The molecule has 0 radical (unpaired) electrons. The predicted octanol–water partition coefficient (Wildman–Crippen LogP) is -3.40. The number of ether oxygens (including phenoxy) is 2. The first-order valence-electron chi connectivity index (χ1n) is 5.73. The lowest BCUT2D eigenvalue weighted by Gasteiger charge is -2.38. The third-order valence-electron chi connectivity index (χ3n) is 3.00. The van der Waals surface area contributed by atoms with Gasteiger partial charge in [-0.15, -0.1) is 0 Å². The van der Waals surface area contributed by atoms with E-state index in [0.717, 1.165) is 0 Å². The summed E-state index contributed by atoms with van der Waals surface area (Å²) in [4.78, 5) is 10.6. The molecule has 1 fully saturated rings. The van der Waals surface area contributed by atoms with Gasteiger partial charge < -0.3 is 40.7 Å². The number of carbonyl (C=O) groups is 1. The van der Waals surface area contributed by atoms with E-state index in [2.05, 4.69) is 0 Å². The highest BCUT2D eigenvalue weighted by molar-refractivity contribution is 5.73. The van der Waals surface area contributed by atoms with Gasteiger partial charge in [-0.3, -0.25) is 4.79 Å². The maximum atomic E-state index is 10.6. The molecule has 1 aliphatic rings. The Morgan fingerprint density at radius 3 is 2.37 bits per heavy atom. The van der Waals surface area contributed by atoms with Crippen LogP contribution < -0.4 is 5.73 Å². The Kier molecular flexibility index (Phi) is 5.62. The number of rotatable bonds is 5. The third kappa shape index (κ3) is 3.83. The molecule has 0 unspecified atom stereocenters. The zero-order chi connectivity index (χ0) is 14.7. The van der Waals surface area contributed by atoms with E-state index in [1.54, 1.807) is 0 Å². The van der Waals surface area contributed by atoms with E-state index in [4.69, 9.17) is 20.3 Å². The molecule has 7 N–H and O–H groups in total. The lowest BCUT2D eigenvalue weighted by molar-refractivity contribution is -0.290. The lowest BCUT2D eigenvalue weighted by atomic mass is 9.99. The molecule has 0 amide bonds. The van der Waals surface area contributed by atoms with Crippen molar-refractivity contribution in [2.45, 2.75) is 49.8 Å². The molecule has 0 saturated carbocycles. The smallest absolute Gasteiger partial charge is 0.323 e. The summed E-state index contributed by atoms with van der Waals surface area (Å²) in [6.07, 6.45) is -8.28. The van der Waals surface area contributed by atoms with Crippen molar-refractivity contribution in [3.05, 3.63) is 0 Å². The van der Waals surface area contributed by atoms with Crippen molar-refractivity contribution < 1.29 is 39.8 Å². The van der Waals surface area contributed by atoms with E-state index in [1.807, 2.05) is 0 Å². The van der Waals surface area contributed by atoms with E-state index in [9.17, 15) is 25.2 Å². The molecule has 0 aromatic rings. The molecule has 1 rings (SSSR count). The van der Waals surface area contributed by atoms with Crippen LogP contribution in [0.3, 0.4) is 0 Å². The highest BCUT2D eigenvalue weighted by Gasteiger charge is 2.43. The first kappa shape index (κ1) is 16.2. The van der Waals surface area contributed by atoms with Crippen LogP contribution in [-0.4, -0.2) is 81.0 Å². The zero-order valence-corrected chi connectivity index (χ0v) is 10.3. The van der Waals surface area contributed by atoms with Crippen LogP contribution in [0.1, 0.15) is 6.92 Å². The van der Waals surface area contributed by atoms with Crippen LogP contribution in [0.25, 0.3) is 0 Å². The maximum Gasteiger partial charge on any atom is 0.323 e. The van der Waals surface area contributed by atoms with E-state index >= 15 is 0 Å². The van der Waals surface area contributed by atoms with Gasteiger partial charge in [-0.05, 0) is 6.92 Å². The number of hydrogen-bond acceptors (Lipinski definition) is 8. The molecule has 0 aliphatic carbocycles. The Labute approximate surface area is 109 Å². The number of aliphatic hydroxyl groups excluding tert-OH is 4. The predicted molar refractivity (Wildman–Crippen MR) is 59.9 cm³/mol. The quantitative estimate of drug-likeness (QED) is 0.301. The van der Waals surface area contributed by atoms with E-state index in [1.165, 1.54) is 6.92 Å². The van der Waals surface area contributed by atoms with Crippen molar-refractivity contribution in [3.63, 3.8) is 0 Å². The number of aliphatic carboxylic acids is 1. The summed E-state index contributed by atoms with van der Waals surface area (Å²) in [6.45, 7) is 1.14. The van der Waals surface area contributed by atoms with Crippen LogP contribution in [0.2, 0.25) is 0 Å². The van der Waals surface area contributed by atoms with Crippen LogP contribution >= 0.6 is 0 Å². The SMILES string of the molecule is C[C@@H](OC[C@H]1O[C@@H](O)[C@H](O)[C@H](O)[C@@H]1O)[C@H](N)C(=O)O. The summed E-state index contributed by atoms with van der Waals surface area (Å²) >= 11 is 0. The molecule has 9 heteroatoms. The van der Waals surface area contributed by atoms with Crippen LogP contribution in [0, 0.1) is 0 Å². The minimum absolute atomic E-state index is 0.288. The van der Waals surface area contributed by atoms with E-state index in [-0.39, 0.29) is 6.61 Å². The fourth-order valence-corrected chi connectivity index (χ4v) is 1.62. The second-order valence-electron chi connectivity index (χ2n) is 4.44. The molecule has 1 saturated heterocycles. The fraction of sp³-hybridized carbons (Fsp3) is 0.900. The summed E-state index contributed by atoms with van der Waals surface area (Å²) in [5.74, 6) is -1.24. The lowest BCUT2D eigenvalue weighted by Crippen LogP contribution is -2.59. The zero-order valence-electron chi connectivity index (χ0n) is 10.3. The minimum Gasteiger partial charge on any atom is -0.480 e. The summed E-state index contributed by atoms with van der Waals surface area (Å²) in [5, 5.41) is 46.2. The summed E-state index contributed by atoms with van der Waals surface area (Å²) in [6, 6.07) is -1.25. The first-order valence-corrected chi connectivity index (χ1v) is 5.73. The van der Waals surface area contributed by atoms with Gasteiger partial charge in [-0.1, -0.05) is 0 Å². The molecular formula is C10H19NO8. The summed E-state index contributed by atoms with van der Waals surface area (Å²) < 4.78 is 9.97. The topological polar surface area (TPSA) is 163 Å². The summed E-state index contributed by atoms with van der Waals surface area (Å²) in [5.41, 5.74) is 5.32. The molecule has 0 spiro atoms. The Hall–Kier alpha value is -0.810. The molecule has 1 aliphatic heterocycles. The molecule has 112 valence electrons. The van der Waals surface area contributed by atoms with Gasteiger partial charge in [-0.25, -0.2) is 0 Å². The first-order chi connectivity index (χ1) is 8.75. The van der Waals surface area contributed by atoms with Crippen molar-refractivity contribution in [1.82, 2.24) is 0 Å². The van der Waals surface area contributed by atoms with Gasteiger partial charge in [0.25, 0.3) is 0 Å². The number of nitrogens with two attached hydrogens (primary N) is 1. The van der Waals surface area contributed by atoms with Gasteiger partial charge in [-0.2, -0.15) is 0 Å². The van der Waals surface area contributed by atoms with Crippen LogP contribution in [0.4, 0.5) is 0 Å². The largest absolute Gasteiger partial charge is 0.480 e. The molecule has 9 nitrogen and oxygen atoms in total. The fourth-order valence-electron chi connectivity index (χ4n) is 1.62. The number of carboxylic acid groups (broad SMARTS) is 1. The van der Waals surface area contributed by atoms with Crippen molar-refractivity contribution in [2.24, 2.45) is 5.73 Å². The average Bonchev–Trinajstić information content (AvgIpc) is 2.37. The normalized spacial score (nSPS) is 38.7. The van der Waals surface area contributed by atoms with Crippen molar-refractivity contribution in [1.29, 1.82) is 0 Å². The molecule has 0 bridgehead atoms. The number of carboxylic acids is 1. The van der Waals surface area contributed by atoms with Gasteiger partial charge in [0.2, 0.25) is 0 Å². The molecule has 0 aromatic carbocycles. The monoisotopic (exact) mass is 281 g/mol. The Morgan fingerprint density at radius 2 is 1.84 bits per heavy atom. The number of hydrogen-bond donors (Lipinski definition) is 6. The highest BCUT2D eigenvalue weighted by atomic mass is 16.6. The standard InChI is InChI=1S/C10H19NO8/c1-3(5(11)9(15)16)18-2-4-6(12)7(13)8(14)10(17)19-4/h3-8,10,12-14,17H,2,11H2,1H3,(H,15,16)/t3-,4-,5+,6-,7-,8-,10-/m1/s1. The van der Waals surface area contributed by atoms with Crippen molar-refractivity contribution in [3.8, 4) is 0 Å². The Balaban J connectivity index is 2.51. The minimum atomic E-state index is -1.66. The van der Waals surface area contributed by atoms with Crippen LogP contribution in [-0.2, 0) is 14.3 Å². The van der Waals surface area contributed by atoms with Crippen LogP contribution in [0.5, 0.6) is 0 Å². The summed E-state index contributed by atoms with van der Waals surface area (Å²) in [7, 11) is 0.